The van der Waals surface area contributed by atoms with Crippen LogP contribution in [0, 0.1) is 3.57 Å². The Labute approximate surface area is 191 Å². The molecule has 160 valence electrons. The number of hydrogen-bond donors (Lipinski definition) is 1. The summed E-state index contributed by atoms with van der Waals surface area (Å²) in [4.78, 5) is 0. The molecule has 0 aliphatic carbocycles. The van der Waals surface area contributed by atoms with Crippen LogP contribution in [0.3, 0.4) is 0 Å². The first-order valence-corrected chi connectivity index (χ1v) is 12.4. The fourth-order valence-electron chi connectivity index (χ4n) is 3.57. The molecule has 0 amide bonds. The summed E-state index contributed by atoms with van der Waals surface area (Å²) in [5.41, 5.74) is 2.42. The molecule has 2 aromatic rings. The topological polar surface area (TPSA) is 29.5 Å². The predicted molar refractivity (Wildman–Crippen MR) is 133 cm³/mol. The normalized spacial score (nSPS) is 12.1. The van der Waals surface area contributed by atoms with Crippen molar-refractivity contribution >= 4 is 22.6 Å². The molecule has 3 heteroatoms. The zero-order valence-corrected chi connectivity index (χ0v) is 20.1. The first-order chi connectivity index (χ1) is 14.2. The number of benzene rings is 2. The van der Waals surface area contributed by atoms with Gasteiger partial charge in [0.1, 0.15) is 12.4 Å². The zero-order valence-electron chi connectivity index (χ0n) is 17.9. The van der Waals surface area contributed by atoms with Gasteiger partial charge < -0.3 is 9.84 Å². The predicted octanol–water partition coefficient (Wildman–Crippen LogP) is 8.01. The molecule has 1 N–H and O–H groups in total. The number of halogens is 1. The van der Waals surface area contributed by atoms with Crippen LogP contribution in [0.15, 0.2) is 48.5 Å². The van der Waals surface area contributed by atoms with Gasteiger partial charge in [-0.05, 0) is 58.3 Å². The number of unbranched alkanes of at least 4 members (excludes halogenated alkanes) is 9. The van der Waals surface area contributed by atoms with Gasteiger partial charge in [-0.3, -0.25) is 0 Å². The second kappa shape index (κ2) is 14.8. The summed E-state index contributed by atoms with van der Waals surface area (Å²) < 4.78 is 7.02. The van der Waals surface area contributed by atoms with E-state index in [0.717, 1.165) is 18.6 Å². The summed E-state index contributed by atoms with van der Waals surface area (Å²) in [6.45, 7) is 2.64. The molecule has 29 heavy (non-hydrogen) atoms. The molecule has 0 aliphatic rings. The van der Waals surface area contributed by atoms with Crippen molar-refractivity contribution in [1.82, 2.24) is 0 Å². The van der Waals surface area contributed by atoms with Gasteiger partial charge in [0, 0.05) is 3.57 Å². The van der Waals surface area contributed by atoms with E-state index in [1.165, 1.54) is 72.5 Å². The highest BCUT2D eigenvalue weighted by molar-refractivity contribution is 14.1. The van der Waals surface area contributed by atoms with Crippen LogP contribution in [0.1, 0.15) is 77.6 Å². The van der Waals surface area contributed by atoms with E-state index >= 15 is 0 Å². The van der Waals surface area contributed by atoms with E-state index in [0.29, 0.717) is 6.61 Å². The van der Waals surface area contributed by atoms with Crippen LogP contribution in [-0.2, 0) is 0 Å². The van der Waals surface area contributed by atoms with Gasteiger partial charge in [0.25, 0.3) is 0 Å². The molecular weight excluding hydrogens is 471 g/mol. The summed E-state index contributed by atoms with van der Waals surface area (Å²) in [5.74, 6) is 0.821. The highest BCUT2D eigenvalue weighted by atomic mass is 127. The minimum absolute atomic E-state index is 0.375. The van der Waals surface area contributed by atoms with Crippen molar-refractivity contribution < 1.29 is 9.84 Å². The SMILES string of the molecule is CCCCCCCCCCCCC(O)COc1ccc(-c2ccccc2I)cc1. The third-order valence-corrected chi connectivity index (χ3v) is 6.31. The van der Waals surface area contributed by atoms with Crippen LogP contribution < -0.4 is 4.74 Å². The van der Waals surface area contributed by atoms with Gasteiger partial charge in [-0.25, -0.2) is 0 Å². The second-order valence-electron chi connectivity index (χ2n) is 7.94. The maximum absolute atomic E-state index is 10.2. The smallest absolute Gasteiger partial charge is 0.119 e. The number of ether oxygens (including phenoxy) is 1. The molecule has 0 aromatic heterocycles. The largest absolute Gasteiger partial charge is 0.491 e. The fraction of sp³-hybridized carbons (Fsp3) is 0.538. The Bertz CT molecular complexity index is 669. The summed E-state index contributed by atoms with van der Waals surface area (Å²) in [6, 6.07) is 16.5. The summed E-state index contributed by atoms with van der Waals surface area (Å²) in [5, 5.41) is 10.2. The fourth-order valence-corrected chi connectivity index (χ4v) is 4.27. The minimum Gasteiger partial charge on any atom is -0.491 e. The Hall–Kier alpha value is -1.07. The molecule has 2 rings (SSSR count). The van der Waals surface area contributed by atoms with Gasteiger partial charge in [0.05, 0.1) is 6.10 Å². The third kappa shape index (κ3) is 9.99. The lowest BCUT2D eigenvalue weighted by Gasteiger charge is -2.13. The van der Waals surface area contributed by atoms with Crippen molar-refractivity contribution in [3.8, 4) is 16.9 Å². The van der Waals surface area contributed by atoms with Crippen LogP contribution in [0.4, 0.5) is 0 Å². The van der Waals surface area contributed by atoms with E-state index in [-0.39, 0.29) is 6.10 Å². The molecule has 0 saturated carbocycles. The Morgan fingerprint density at radius 3 is 2.00 bits per heavy atom. The molecule has 0 aliphatic heterocycles. The first-order valence-electron chi connectivity index (χ1n) is 11.4. The Kier molecular flexibility index (Phi) is 12.4. The number of aliphatic hydroxyl groups is 1. The van der Waals surface area contributed by atoms with Crippen molar-refractivity contribution in [2.24, 2.45) is 0 Å². The maximum Gasteiger partial charge on any atom is 0.119 e. The highest BCUT2D eigenvalue weighted by Gasteiger charge is 2.06. The van der Waals surface area contributed by atoms with Crippen molar-refractivity contribution in [3.05, 3.63) is 52.1 Å². The van der Waals surface area contributed by atoms with Crippen molar-refractivity contribution in [3.63, 3.8) is 0 Å². The lowest BCUT2D eigenvalue weighted by molar-refractivity contribution is 0.0975. The van der Waals surface area contributed by atoms with Crippen LogP contribution in [0.2, 0.25) is 0 Å². The van der Waals surface area contributed by atoms with Gasteiger partial charge in [0.2, 0.25) is 0 Å². The standard InChI is InChI=1S/C26H37IO2/c1-2-3-4-5-6-7-8-9-10-11-14-23(28)21-29-24-19-17-22(18-20-24)25-15-12-13-16-26(25)27/h12-13,15-20,23,28H,2-11,14,21H2,1H3. The van der Waals surface area contributed by atoms with Crippen LogP contribution in [-0.4, -0.2) is 17.8 Å². The van der Waals surface area contributed by atoms with Crippen LogP contribution in [0.25, 0.3) is 11.1 Å². The quantitative estimate of drug-likeness (QED) is 0.195. The molecule has 0 radical (unpaired) electrons. The van der Waals surface area contributed by atoms with Gasteiger partial charge in [0.15, 0.2) is 0 Å². The summed E-state index contributed by atoms with van der Waals surface area (Å²) >= 11 is 2.36. The van der Waals surface area contributed by atoms with Gasteiger partial charge in [-0.2, -0.15) is 0 Å². The molecule has 1 atom stereocenters. The molecule has 0 heterocycles. The lowest BCUT2D eigenvalue weighted by atomic mass is 10.0. The van der Waals surface area contributed by atoms with E-state index in [1.807, 2.05) is 12.1 Å². The zero-order chi connectivity index (χ0) is 20.7. The average Bonchev–Trinajstić information content (AvgIpc) is 2.74. The van der Waals surface area contributed by atoms with Gasteiger partial charge in [-0.15, -0.1) is 0 Å². The monoisotopic (exact) mass is 508 g/mol. The van der Waals surface area contributed by atoms with Gasteiger partial charge >= 0.3 is 0 Å². The molecule has 0 fully saturated rings. The highest BCUT2D eigenvalue weighted by Crippen LogP contribution is 2.26. The Morgan fingerprint density at radius 1 is 0.793 bits per heavy atom. The van der Waals surface area contributed by atoms with E-state index < -0.39 is 0 Å². The van der Waals surface area contributed by atoms with E-state index in [4.69, 9.17) is 4.74 Å². The molecule has 0 bridgehead atoms. The molecule has 2 aromatic carbocycles. The Balaban J connectivity index is 1.55. The van der Waals surface area contributed by atoms with Crippen molar-refractivity contribution in [1.29, 1.82) is 0 Å². The Morgan fingerprint density at radius 2 is 1.38 bits per heavy atom. The third-order valence-electron chi connectivity index (χ3n) is 5.37. The molecule has 0 saturated heterocycles. The molecule has 2 nitrogen and oxygen atoms in total. The van der Waals surface area contributed by atoms with Crippen molar-refractivity contribution in [2.75, 3.05) is 6.61 Å². The molecule has 1 unspecified atom stereocenters. The lowest BCUT2D eigenvalue weighted by Crippen LogP contribution is -2.17. The number of hydrogen-bond acceptors (Lipinski definition) is 2. The van der Waals surface area contributed by atoms with E-state index in [1.54, 1.807) is 0 Å². The maximum atomic E-state index is 10.2. The van der Waals surface area contributed by atoms with Crippen LogP contribution in [0.5, 0.6) is 5.75 Å². The first kappa shape index (κ1) is 24.2. The summed E-state index contributed by atoms with van der Waals surface area (Å²) in [6.07, 6.45) is 13.7. The summed E-state index contributed by atoms with van der Waals surface area (Å²) in [7, 11) is 0. The average molecular weight is 508 g/mol. The second-order valence-corrected chi connectivity index (χ2v) is 9.10. The van der Waals surface area contributed by atoms with E-state index in [9.17, 15) is 5.11 Å². The van der Waals surface area contributed by atoms with Crippen LogP contribution >= 0.6 is 22.6 Å². The van der Waals surface area contributed by atoms with Crippen molar-refractivity contribution in [2.45, 2.75) is 83.7 Å². The minimum atomic E-state index is -0.376. The number of rotatable bonds is 15. The molecule has 0 spiro atoms. The van der Waals surface area contributed by atoms with Gasteiger partial charge in [-0.1, -0.05) is 101 Å². The number of aliphatic hydroxyl groups excluding tert-OH is 1. The molecular formula is C26H37IO2. The van der Waals surface area contributed by atoms with E-state index in [2.05, 4.69) is 65.9 Å².